The Morgan fingerprint density at radius 1 is 0.955 bits per heavy atom. The molecule has 0 radical (unpaired) electrons. The van der Waals surface area contributed by atoms with Gasteiger partial charge in [0, 0.05) is 24.8 Å². The topological polar surface area (TPSA) is 79.9 Å². The van der Waals surface area contributed by atoms with E-state index in [9.17, 15) is 9.59 Å². The van der Waals surface area contributed by atoms with Gasteiger partial charge in [0.05, 0.1) is 26.3 Å². The van der Waals surface area contributed by atoms with Gasteiger partial charge < -0.3 is 9.47 Å². The van der Waals surface area contributed by atoms with Gasteiger partial charge in [-0.2, -0.15) is 0 Å². The van der Waals surface area contributed by atoms with Crippen LogP contribution in [0.2, 0.25) is 0 Å². The minimum absolute atomic E-state index is 0.0381. The number of carbonyl (C=O) groups excluding carboxylic acids is 2. The zero-order chi connectivity index (χ0) is 16.8. The quantitative estimate of drug-likeness (QED) is 0.285. The molecular formula is C12H24Cl2N3O4P. The third-order valence-electron chi connectivity index (χ3n) is 2.33. The molecule has 0 saturated heterocycles. The lowest BCUT2D eigenvalue weighted by Crippen LogP contribution is -2.38. The summed E-state index contributed by atoms with van der Waals surface area (Å²) < 4.78 is 11.7. The molecule has 22 heavy (non-hydrogen) atoms. The predicted molar refractivity (Wildman–Crippen MR) is 89.2 cm³/mol. The number of halogens is 2. The van der Waals surface area contributed by atoms with Crippen LogP contribution in [-0.4, -0.2) is 67.8 Å². The molecule has 0 aromatic heterocycles. The van der Waals surface area contributed by atoms with Crippen molar-refractivity contribution in [3.63, 3.8) is 0 Å². The minimum Gasteiger partial charge on any atom is -0.465 e. The Morgan fingerprint density at radius 3 is 1.68 bits per heavy atom. The minimum atomic E-state index is -1.16. The van der Waals surface area contributed by atoms with Crippen molar-refractivity contribution in [3.8, 4) is 0 Å². The van der Waals surface area contributed by atoms with Crippen molar-refractivity contribution in [2.45, 2.75) is 13.8 Å². The predicted octanol–water partition coefficient (Wildman–Crippen LogP) is 1.30. The van der Waals surface area contributed by atoms with E-state index in [1.165, 1.54) is 0 Å². The van der Waals surface area contributed by atoms with Crippen molar-refractivity contribution in [1.29, 1.82) is 0 Å². The fourth-order valence-electron chi connectivity index (χ4n) is 1.47. The Bertz CT molecular complexity index is 299. The Balaban J connectivity index is 4.57. The second-order valence-electron chi connectivity index (χ2n) is 3.92. The van der Waals surface area contributed by atoms with Crippen molar-refractivity contribution in [3.05, 3.63) is 0 Å². The van der Waals surface area contributed by atoms with Crippen molar-refractivity contribution >= 4 is 43.5 Å². The lowest BCUT2D eigenvalue weighted by Gasteiger charge is -2.30. The third kappa shape index (κ3) is 10.5. The van der Waals surface area contributed by atoms with E-state index in [0.717, 1.165) is 0 Å². The summed E-state index contributed by atoms with van der Waals surface area (Å²) in [5, 5.41) is 6.10. The van der Waals surface area contributed by atoms with Gasteiger partial charge in [-0.25, -0.2) is 0 Å². The first-order valence-electron chi connectivity index (χ1n) is 7.04. The number of hydrogen-bond donors (Lipinski definition) is 2. The van der Waals surface area contributed by atoms with Gasteiger partial charge in [0.15, 0.2) is 0 Å². The largest absolute Gasteiger partial charge is 0.465 e. The van der Waals surface area contributed by atoms with E-state index in [4.69, 9.17) is 32.7 Å². The zero-order valence-corrected chi connectivity index (χ0v) is 15.3. The van der Waals surface area contributed by atoms with Gasteiger partial charge in [0.1, 0.15) is 8.37 Å². The highest BCUT2D eigenvalue weighted by molar-refractivity contribution is 7.50. The van der Waals surface area contributed by atoms with Gasteiger partial charge in [0.2, 0.25) is 0 Å². The molecule has 0 aliphatic carbocycles. The van der Waals surface area contributed by atoms with Crippen LogP contribution >= 0.6 is 31.6 Å². The molecule has 10 heteroatoms. The molecule has 130 valence electrons. The molecule has 2 N–H and O–H groups in total. The third-order valence-corrected chi connectivity index (χ3v) is 4.54. The van der Waals surface area contributed by atoms with Crippen LogP contribution in [0.5, 0.6) is 0 Å². The number of nitrogens with one attached hydrogen (secondary N) is 2. The average molecular weight is 376 g/mol. The number of carbonyl (C=O) groups is 2. The second kappa shape index (κ2) is 14.4. The molecule has 0 aliphatic rings. The summed E-state index contributed by atoms with van der Waals surface area (Å²) in [4.78, 5) is 22.9. The summed E-state index contributed by atoms with van der Waals surface area (Å²) in [7, 11) is -1.16. The summed E-state index contributed by atoms with van der Waals surface area (Å²) in [5.74, 6) is 0.116. The van der Waals surface area contributed by atoms with Crippen LogP contribution in [0.4, 0.5) is 0 Å². The summed E-state index contributed by atoms with van der Waals surface area (Å²) in [6.45, 7) is 5.35. The van der Waals surface area contributed by atoms with Crippen LogP contribution in [0, 0.1) is 0 Å². The number of ether oxygens (including phenoxy) is 2. The molecule has 0 rings (SSSR count). The molecule has 0 aromatic rings. The molecule has 7 nitrogen and oxygen atoms in total. The molecule has 0 atom stereocenters. The fourth-order valence-corrected chi connectivity index (χ4v) is 3.78. The van der Waals surface area contributed by atoms with Gasteiger partial charge in [0.25, 0.3) is 0 Å². The maximum Gasteiger partial charge on any atom is 0.320 e. The molecular weight excluding hydrogens is 352 g/mol. The normalized spacial score (nSPS) is 11.0. The maximum atomic E-state index is 11.5. The van der Waals surface area contributed by atoms with Crippen LogP contribution < -0.4 is 10.2 Å². The van der Waals surface area contributed by atoms with Crippen molar-refractivity contribution in [2.75, 3.05) is 51.2 Å². The molecule has 0 fully saturated rings. The van der Waals surface area contributed by atoms with E-state index in [1.807, 2.05) is 4.67 Å². The van der Waals surface area contributed by atoms with E-state index in [2.05, 4.69) is 10.2 Å². The smallest absolute Gasteiger partial charge is 0.320 e. The van der Waals surface area contributed by atoms with Crippen LogP contribution in [0.25, 0.3) is 0 Å². The average Bonchev–Trinajstić information content (AvgIpc) is 2.48. The number of hydrogen-bond acceptors (Lipinski definition) is 7. The van der Waals surface area contributed by atoms with Gasteiger partial charge in [-0.3, -0.25) is 24.4 Å². The number of esters is 2. The first-order chi connectivity index (χ1) is 10.6. The van der Waals surface area contributed by atoms with E-state index in [-0.39, 0.29) is 25.0 Å². The lowest BCUT2D eigenvalue weighted by molar-refractivity contribution is -0.142. The molecule has 0 spiro atoms. The molecule has 0 aliphatic heterocycles. The number of rotatable bonds is 13. The molecule has 0 heterocycles. The SMILES string of the molecule is CCOC(=O)CNP(NCC(=O)OCC)N(CCCl)CCCl. The van der Waals surface area contributed by atoms with Gasteiger partial charge in [-0.15, -0.1) is 23.2 Å². The first-order valence-corrected chi connectivity index (χ1v) is 9.40. The van der Waals surface area contributed by atoms with Crippen LogP contribution in [0.3, 0.4) is 0 Å². The fraction of sp³-hybridized carbons (Fsp3) is 0.833. The van der Waals surface area contributed by atoms with Crippen molar-refractivity contribution in [1.82, 2.24) is 14.8 Å². The monoisotopic (exact) mass is 375 g/mol. The van der Waals surface area contributed by atoms with Crippen LogP contribution in [-0.2, 0) is 19.1 Å². The van der Waals surface area contributed by atoms with E-state index in [0.29, 0.717) is 38.1 Å². The Hall–Kier alpha value is -0.170. The van der Waals surface area contributed by atoms with Crippen molar-refractivity contribution < 1.29 is 19.1 Å². The van der Waals surface area contributed by atoms with E-state index >= 15 is 0 Å². The second-order valence-corrected chi connectivity index (χ2v) is 6.50. The highest BCUT2D eigenvalue weighted by Crippen LogP contribution is 2.30. The highest BCUT2D eigenvalue weighted by atomic mass is 35.5. The molecule has 0 unspecified atom stereocenters. The Morgan fingerprint density at radius 2 is 1.36 bits per heavy atom. The van der Waals surface area contributed by atoms with Gasteiger partial charge >= 0.3 is 11.9 Å². The van der Waals surface area contributed by atoms with Gasteiger partial charge in [-0.1, -0.05) is 0 Å². The summed E-state index contributed by atoms with van der Waals surface area (Å²) in [6.07, 6.45) is 0. The molecule has 0 amide bonds. The number of nitrogens with zero attached hydrogens (tertiary/aromatic N) is 1. The number of alkyl halides is 2. The first kappa shape index (κ1) is 21.8. The van der Waals surface area contributed by atoms with Crippen molar-refractivity contribution in [2.24, 2.45) is 0 Å². The highest BCUT2D eigenvalue weighted by Gasteiger charge is 2.20. The zero-order valence-electron chi connectivity index (χ0n) is 12.9. The molecule has 0 aromatic carbocycles. The molecule has 0 saturated carbocycles. The maximum absolute atomic E-state index is 11.5. The Labute approximate surface area is 142 Å². The van der Waals surface area contributed by atoms with Crippen LogP contribution in [0.1, 0.15) is 13.8 Å². The summed E-state index contributed by atoms with van der Waals surface area (Å²) in [5.41, 5.74) is 0. The molecule has 0 bridgehead atoms. The van der Waals surface area contributed by atoms with E-state index < -0.39 is 8.37 Å². The summed E-state index contributed by atoms with van der Waals surface area (Å²) >= 11 is 11.6. The lowest BCUT2D eigenvalue weighted by atomic mass is 10.6. The van der Waals surface area contributed by atoms with Gasteiger partial charge in [-0.05, 0) is 13.8 Å². The standard InChI is InChI=1S/C12H24Cl2N3O4P/c1-3-20-11(18)9-15-22(16-10-12(19)21-4-2)17(7-5-13)8-6-14/h15-16H,3-10H2,1-2H3. The van der Waals surface area contributed by atoms with E-state index in [1.54, 1.807) is 13.8 Å². The van der Waals surface area contributed by atoms with Crippen LogP contribution in [0.15, 0.2) is 0 Å². The summed E-state index contributed by atoms with van der Waals surface area (Å²) in [6, 6.07) is 0. The Kier molecular flexibility index (Phi) is 14.3.